The van der Waals surface area contributed by atoms with Gasteiger partial charge in [-0.25, -0.2) is 0 Å². The molecule has 16 heavy (non-hydrogen) atoms. The van der Waals surface area contributed by atoms with Gasteiger partial charge in [0.1, 0.15) is 5.69 Å². The molecule has 0 fully saturated rings. The summed E-state index contributed by atoms with van der Waals surface area (Å²) >= 11 is 0. The van der Waals surface area contributed by atoms with Crippen molar-refractivity contribution in [2.75, 3.05) is 0 Å². The van der Waals surface area contributed by atoms with Crippen LogP contribution in [-0.2, 0) is 18.4 Å². The van der Waals surface area contributed by atoms with Crippen LogP contribution in [0.2, 0.25) is 0 Å². The Morgan fingerprint density at radius 2 is 1.88 bits per heavy atom. The van der Waals surface area contributed by atoms with Crippen LogP contribution in [0.5, 0.6) is 5.75 Å². The van der Waals surface area contributed by atoms with Gasteiger partial charge in [0.25, 0.3) is 0 Å². The molecular formula is C13H24N2O. The zero-order valence-corrected chi connectivity index (χ0v) is 11.3. The van der Waals surface area contributed by atoms with Gasteiger partial charge >= 0.3 is 0 Å². The second kappa shape index (κ2) is 4.48. The second-order valence-electron chi connectivity index (χ2n) is 5.78. The predicted octanol–water partition coefficient (Wildman–Crippen LogP) is 3.10. The van der Waals surface area contributed by atoms with E-state index >= 15 is 0 Å². The van der Waals surface area contributed by atoms with Crippen molar-refractivity contribution in [2.45, 2.75) is 59.9 Å². The van der Waals surface area contributed by atoms with E-state index < -0.39 is 0 Å². The minimum absolute atomic E-state index is 0.0743. The molecule has 0 bridgehead atoms. The maximum Gasteiger partial charge on any atom is 0.160 e. The molecule has 92 valence electrons. The lowest BCUT2D eigenvalue weighted by molar-refractivity contribution is 0.333. The van der Waals surface area contributed by atoms with E-state index in [1.54, 1.807) is 0 Å². The van der Waals surface area contributed by atoms with Gasteiger partial charge in [-0.1, -0.05) is 20.8 Å². The Balaban J connectivity index is 3.25. The summed E-state index contributed by atoms with van der Waals surface area (Å²) in [7, 11) is 0. The number of aromatic hydroxyl groups is 1. The third-order valence-electron chi connectivity index (χ3n) is 2.59. The molecule has 1 rings (SSSR count). The summed E-state index contributed by atoms with van der Waals surface area (Å²) in [6.07, 6.45) is 1.65. The maximum absolute atomic E-state index is 10.1. The summed E-state index contributed by atoms with van der Waals surface area (Å²) in [5, 5.41) is 14.7. The Bertz CT molecular complexity index is 359. The highest BCUT2D eigenvalue weighted by Gasteiger charge is 2.24. The first-order valence-corrected chi connectivity index (χ1v) is 6.07. The average molecular weight is 224 g/mol. The summed E-state index contributed by atoms with van der Waals surface area (Å²) in [6, 6.07) is 0. The Hall–Kier alpha value is -0.990. The van der Waals surface area contributed by atoms with Gasteiger partial charge in [0.15, 0.2) is 5.75 Å². The molecule has 3 heteroatoms. The quantitative estimate of drug-likeness (QED) is 0.856. The maximum atomic E-state index is 10.1. The van der Waals surface area contributed by atoms with Gasteiger partial charge in [-0.15, -0.1) is 0 Å². The van der Waals surface area contributed by atoms with Gasteiger partial charge in [0.2, 0.25) is 0 Å². The molecule has 1 N–H and O–H groups in total. The van der Waals surface area contributed by atoms with Crippen LogP contribution in [0.3, 0.4) is 0 Å². The summed E-state index contributed by atoms with van der Waals surface area (Å²) < 4.78 is 1.97. The topological polar surface area (TPSA) is 38.0 Å². The number of aromatic nitrogens is 2. The molecule has 0 amide bonds. The van der Waals surface area contributed by atoms with Gasteiger partial charge < -0.3 is 5.11 Å². The van der Waals surface area contributed by atoms with Crippen molar-refractivity contribution in [3.8, 4) is 5.75 Å². The molecule has 0 spiro atoms. The molecule has 0 aliphatic heterocycles. The summed E-state index contributed by atoms with van der Waals surface area (Å²) in [4.78, 5) is 0. The lowest BCUT2D eigenvalue weighted by Gasteiger charge is -2.23. The van der Waals surface area contributed by atoms with E-state index in [4.69, 9.17) is 0 Å². The highest BCUT2D eigenvalue weighted by atomic mass is 16.3. The molecule has 0 aliphatic rings. The van der Waals surface area contributed by atoms with Crippen molar-refractivity contribution in [3.63, 3.8) is 0 Å². The first kappa shape index (κ1) is 13.1. The Morgan fingerprint density at radius 3 is 2.25 bits per heavy atom. The number of hydrogen-bond donors (Lipinski definition) is 1. The largest absolute Gasteiger partial charge is 0.504 e. The molecule has 1 aromatic heterocycles. The fourth-order valence-corrected chi connectivity index (χ4v) is 1.86. The minimum Gasteiger partial charge on any atom is -0.504 e. The standard InChI is InChI=1S/C13H24N2O/c1-7-10-12(16)11(8-9(2)3)15(14-10)13(4,5)6/h9,16H,7-8H2,1-6H3. The highest BCUT2D eigenvalue weighted by molar-refractivity contribution is 5.33. The number of nitrogens with zero attached hydrogens (tertiary/aromatic N) is 2. The van der Waals surface area contributed by atoms with Crippen LogP contribution in [0.4, 0.5) is 0 Å². The third kappa shape index (κ3) is 2.57. The van der Waals surface area contributed by atoms with Crippen molar-refractivity contribution >= 4 is 0 Å². The zero-order chi connectivity index (χ0) is 12.5. The second-order valence-corrected chi connectivity index (χ2v) is 5.78. The lowest BCUT2D eigenvalue weighted by Crippen LogP contribution is -2.26. The SMILES string of the molecule is CCc1nn(C(C)(C)C)c(CC(C)C)c1O. The molecular weight excluding hydrogens is 200 g/mol. The van der Waals surface area contributed by atoms with Gasteiger partial charge in [-0.2, -0.15) is 5.10 Å². The van der Waals surface area contributed by atoms with Crippen molar-refractivity contribution < 1.29 is 5.11 Å². The molecule has 0 atom stereocenters. The minimum atomic E-state index is -0.0743. The Labute approximate surface area is 98.5 Å². The van der Waals surface area contributed by atoms with Crippen molar-refractivity contribution in [1.29, 1.82) is 0 Å². The summed E-state index contributed by atoms with van der Waals surface area (Å²) in [5.41, 5.74) is 1.71. The third-order valence-corrected chi connectivity index (χ3v) is 2.59. The Morgan fingerprint density at radius 1 is 1.31 bits per heavy atom. The molecule has 1 aromatic rings. The smallest absolute Gasteiger partial charge is 0.160 e. The van der Waals surface area contributed by atoms with Crippen LogP contribution < -0.4 is 0 Å². The number of rotatable bonds is 3. The summed E-state index contributed by atoms with van der Waals surface area (Å²) in [6.45, 7) is 12.7. The van der Waals surface area contributed by atoms with Gasteiger partial charge in [0, 0.05) is 0 Å². The molecule has 3 nitrogen and oxygen atoms in total. The lowest BCUT2D eigenvalue weighted by atomic mass is 10.0. The fraction of sp³-hybridized carbons (Fsp3) is 0.769. The number of aryl methyl sites for hydroxylation is 1. The van der Waals surface area contributed by atoms with Crippen LogP contribution in [0.1, 0.15) is 52.9 Å². The molecule has 0 aromatic carbocycles. The fourth-order valence-electron chi connectivity index (χ4n) is 1.86. The average Bonchev–Trinajstić information content (AvgIpc) is 2.42. The van der Waals surface area contributed by atoms with E-state index in [0.717, 1.165) is 24.2 Å². The van der Waals surface area contributed by atoms with Crippen molar-refractivity contribution in [1.82, 2.24) is 9.78 Å². The molecule has 0 unspecified atom stereocenters. The van der Waals surface area contributed by atoms with E-state index in [2.05, 4.69) is 39.7 Å². The van der Waals surface area contributed by atoms with E-state index in [0.29, 0.717) is 11.7 Å². The van der Waals surface area contributed by atoms with Crippen LogP contribution in [0, 0.1) is 5.92 Å². The summed E-state index contributed by atoms with van der Waals surface area (Å²) in [5.74, 6) is 0.916. The van der Waals surface area contributed by atoms with Crippen LogP contribution >= 0.6 is 0 Å². The van der Waals surface area contributed by atoms with Crippen LogP contribution in [0.15, 0.2) is 0 Å². The normalized spacial score (nSPS) is 12.4. The van der Waals surface area contributed by atoms with Gasteiger partial charge in [-0.05, 0) is 39.5 Å². The van der Waals surface area contributed by atoms with Crippen molar-refractivity contribution in [3.05, 3.63) is 11.4 Å². The van der Waals surface area contributed by atoms with E-state index in [1.165, 1.54) is 0 Å². The van der Waals surface area contributed by atoms with E-state index in [-0.39, 0.29) is 5.54 Å². The monoisotopic (exact) mass is 224 g/mol. The van der Waals surface area contributed by atoms with Crippen LogP contribution in [0.25, 0.3) is 0 Å². The van der Waals surface area contributed by atoms with E-state index in [1.807, 2.05) is 11.6 Å². The zero-order valence-electron chi connectivity index (χ0n) is 11.3. The van der Waals surface area contributed by atoms with Gasteiger partial charge in [0.05, 0.1) is 11.2 Å². The van der Waals surface area contributed by atoms with Crippen LogP contribution in [-0.4, -0.2) is 14.9 Å². The first-order chi connectivity index (χ1) is 7.27. The first-order valence-electron chi connectivity index (χ1n) is 6.07. The van der Waals surface area contributed by atoms with E-state index in [9.17, 15) is 5.11 Å². The number of hydrogen-bond acceptors (Lipinski definition) is 2. The molecule has 0 aliphatic carbocycles. The van der Waals surface area contributed by atoms with Crippen molar-refractivity contribution in [2.24, 2.45) is 5.92 Å². The molecule has 1 heterocycles. The Kier molecular flexibility index (Phi) is 3.66. The molecule has 0 saturated carbocycles. The van der Waals surface area contributed by atoms with Gasteiger partial charge in [-0.3, -0.25) is 4.68 Å². The molecule has 0 saturated heterocycles. The molecule has 0 radical (unpaired) electrons. The highest BCUT2D eigenvalue weighted by Crippen LogP contribution is 2.29. The predicted molar refractivity (Wildman–Crippen MR) is 66.8 cm³/mol.